The van der Waals surface area contributed by atoms with Crippen LogP contribution in [0.3, 0.4) is 0 Å². The van der Waals surface area contributed by atoms with Crippen LogP contribution in [0, 0.1) is 23.2 Å². The minimum absolute atomic E-state index is 0.288. The van der Waals surface area contributed by atoms with Crippen molar-refractivity contribution in [3.63, 3.8) is 0 Å². The molecule has 64 valence electrons. The Morgan fingerprint density at radius 3 is 2.36 bits per heavy atom. The summed E-state index contributed by atoms with van der Waals surface area (Å²) >= 11 is 0. The van der Waals surface area contributed by atoms with E-state index < -0.39 is 0 Å². The van der Waals surface area contributed by atoms with Gasteiger partial charge in [-0.2, -0.15) is 5.26 Å². The summed E-state index contributed by atoms with van der Waals surface area (Å²) in [4.78, 5) is 0. The van der Waals surface area contributed by atoms with Crippen LogP contribution in [0.1, 0.15) is 46.5 Å². The Hall–Kier alpha value is -0.510. The molecule has 0 saturated heterocycles. The Labute approximate surface area is 70.4 Å². The second-order valence-electron chi connectivity index (χ2n) is 3.36. The maximum absolute atomic E-state index is 8.69. The van der Waals surface area contributed by atoms with Gasteiger partial charge in [-0.3, -0.25) is 0 Å². The van der Waals surface area contributed by atoms with Crippen LogP contribution < -0.4 is 0 Å². The van der Waals surface area contributed by atoms with Gasteiger partial charge in [0.1, 0.15) is 0 Å². The van der Waals surface area contributed by atoms with E-state index in [-0.39, 0.29) is 5.92 Å². The second kappa shape index (κ2) is 6.22. The maximum Gasteiger partial charge on any atom is 0.0655 e. The predicted octanol–water partition coefficient (Wildman–Crippen LogP) is 3.36. The molecule has 0 aromatic rings. The largest absolute Gasteiger partial charge is 0.198 e. The number of hydrogen-bond donors (Lipinski definition) is 0. The van der Waals surface area contributed by atoms with Gasteiger partial charge in [0.05, 0.1) is 6.07 Å². The van der Waals surface area contributed by atoms with Gasteiger partial charge in [-0.25, -0.2) is 0 Å². The highest BCUT2D eigenvalue weighted by Gasteiger charge is 2.09. The van der Waals surface area contributed by atoms with Crippen LogP contribution in [0.5, 0.6) is 0 Å². The highest BCUT2D eigenvalue weighted by atomic mass is 14.3. The van der Waals surface area contributed by atoms with Gasteiger partial charge in [0.15, 0.2) is 0 Å². The Morgan fingerprint density at radius 2 is 2.00 bits per heavy atom. The summed E-state index contributed by atoms with van der Waals surface area (Å²) in [5, 5.41) is 8.69. The lowest BCUT2D eigenvalue weighted by Gasteiger charge is -2.12. The van der Waals surface area contributed by atoms with E-state index in [0.717, 1.165) is 18.8 Å². The quantitative estimate of drug-likeness (QED) is 0.594. The average molecular weight is 153 g/mol. The Balaban J connectivity index is 3.55. The molecule has 0 saturated carbocycles. The van der Waals surface area contributed by atoms with Crippen molar-refractivity contribution in [2.45, 2.75) is 46.5 Å². The first-order chi connectivity index (χ1) is 5.24. The molecule has 2 unspecified atom stereocenters. The predicted molar refractivity (Wildman–Crippen MR) is 48.1 cm³/mol. The van der Waals surface area contributed by atoms with Crippen molar-refractivity contribution >= 4 is 0 Å². The van der Waals surface area contributed by atoms with Gasteiger partial charge >= 0.3 is 0 Å². The van der Waals surface area contributed by atoms with Gasteiger partial charge < -0.3 is 0 Å². The Kier molecular flexibility index (Phi) is 5.93. The number of rotatable bonds is 5. The van der Waals surface area contributed by atoms with Gasteiger partial charge in [0.2, 0.25) is 0 Å². The van der Waals surface area contributed by atoms with Crippen molar-refractivity contribution in [2.75, 3.05) is 0 Å². The van der Waals surface area contributed by atoms with E-state index in [1.165, 1.54) is 12.8 Å². The molecule has 2 atom stereocenters. The van der Waals surface area contributed by atoms with E-state index in [4.69, 9.17) is 5.26 Å². The normalized spacial score (nSPS) is 15.5. The molecule has 0 heterocycles. The molecular weight excluding hydrogens is 134 g/mol. The molecule has 0 bridgehead atoms. The summed E-state index contributed by atoms with van der Waals surface area (Å²) < 4.78 is 0. The summed E-state index contributed by atoms with van der Waals surface area (Å²) in [6.45, 7) is 6.53. The number of nitriles is 1. The number of hydrogen-bond acceptors (Lipinski definition) is 1. The molecule has 1 heteroatoms. The highest BCUT2D eigenvalue weighted by molar-refractivity contribution is 4.82. The molecule has 0 aliphatic rings. The zero-order chi connectivity index (χ0) is 8.69. The molecule has 0 aliphatic carbocycles. The topological polar surface area (TPSA) is 23.8 Å². The van der Waals surface area contributed by atoms with Crippen LogP contribution in [0.25, 0.3) is 0 Å². The van der Waals surface area contributed by atoms with Crippen molar-refractivity contribution in [3.8, 4) is 6.07 Å². The fourth-order valence-corrected chi connectivity index (χ4v) is 1.41. The van der Waals surface area contributed by atoms with Crippen LogP contribution in [0.15, 0.2) is 0 Å². The van der Waals surface area contributed by atoms with Crippen molar-refractivity contribution < 1.29 is 0 Å². The van der Waals surface area contributed by atoms with Crippen molar-refractivity contribution in [1.29, 1.82) is 5.26 Å². The first-order valence-electron chi connectivity index (χ1n) is 4.64. The molecule has 11 heavy (non-hydrogen) atoms. The van der Waals surface area contributed by atoms with Gasteiger partial charge in [-0.15, -0.1) is 0 Å². The minimum Gasteiger partial charge on any atom is -0.198 e. The lowest BCUT2D eigenvalue weighted by molar-refractivity contribution is 0.416. The monoisotopic (exact) mass is 153 g/mol. The van der Waals surface area contributed by atoms with Crippen LogP contribution in [0.4, 0.5) is 0 Å². The molecule has 0 aliphatic heterocycles. The van der Waals surface area contributed by atoms with E-state index in [2.05, 4.69) is 26.8 Å². The lowest BCUT2D eigenvalue weighted by Crippen LogP contribution is -2.03. The van der Waals surface area contributed by atoms with Gasteiger partial charge in [-0.1, -0.05) is 33.6 Å². The molecule has 1 nitrogen and oxygen atoms in total. The van der Waals surface area contributed by atoms with E-state index in [9.17, 15) is 0 Å². The first-order valence-corrected chi connectivity index (χ1v) is 4.64. The SMILES string of the molecule is CCCC(C)CC(C#N)CC. The molecule has 0 aromatic heterocycles. The van der Waals surface area contributed by atoms with Crippen molar-refractivity contribution in [2.24, 2.45) is 11.8 Å². The molecule has 0 radical (unpaired) electrons. The Morgan fingerprint density at radius 1 is 1.36 bits per heavy atom. The molecule has 0 N–H and O–H groups in total. The third kappa shape index (κ3) is 4.84. The smallest absolute Gasteiger partial charge is 0.0655 e. The van der Waals surface area contributed by atoms with E-state index in [1.54, 1.807) is 0 Å². The fourth-order valence-electron chi connectivity index (χ4n) is 1.41. The van der Waals surface area contributed by atoms with Crippen molar-refractivity contribution in [1.82, 2.24) is 0 Å². The third-order valence-corrected chi connectivity index (χ3v) is 2.14. The van der Waals surface area contributed by atoms with E-state index in [1.807, 2.05) is 0 Å². The van der Waals surface area contributed by atoms with Gasteiger partial charge in [-0.05, 0) is 18.8 Å². The summed E-state index contributed by atoms with van der Waals surface area (Å²) in [5.74, 6) is 1.01. The lowest BCUT2D eigenvalue weighted by atomic mass is 9.92. The van der Waals surface area contributed by atoms with E-state index >= 15 is 0 Å². The zero-order valence-corrected chi connectivity index (χ0v) is 7.93. The van der Waals surface area contributed by atoms with Crippen molar-refractivity contribution in [3.05, 3.63) is 0 Å². The van der Waals surface area contributed by atoms with E-state index in [0.29, 0.717) is 0 Å². The van der Waals surface area contributed by atoms with Crippen LogP contribution >= 0.6 is 0 Å². The Bertz CT molecular complexity index is 123. The highest BCUT2D eigenvalue weighted by Crippen LogP contribution is 2.18. The minimum atomic E-state index is 0.288. The zero-order valence-electron chi connectivity index (χ0n) is 7.93. The van der Waals surface area contributed by atoms with Gasteiger partial charge in [0.25, 0.3) is 0 Å². The molecular formula is C10H19N. The first kappa shape index (κ1) is 10.5. The molecule has 0 rings (SSSR count). The summed E-state index contributed by atoms with van der Waals surface area (Å²) in [6, 6.07) is 2.34. The maximum atomic E-state index is 8.69. The fraction of sp³-hybridized carbons (Fsp3) is 0.900. The van der Waals surface area contributed by atoms with Crippen LogP contribution in [-0.2, 0) is 0 Å². The molecule has 0 aromatic carbocycles. The molecule has 0 spiro atoms. The second-order valence-corrected chi connectivity index (χ2v) is 3.36. The molecule has 0 fully saturated rings. The standard InChI is InChI=1S/C10H19N/c1-4-6-9(3)7-10(5-2)8-11/h9-10H,4-7H2,1-3H3. The van der Waals surface area contributed by atoms with Crippen LogP contribution in [0.2, 0.25) is 0 Å². The molecule has 0 amide bonds. The average Bonchev–Trinajstić information content (AvgIpc) is 2.01. The summed E-state index contributed by atoms with van der Waals surface area (Å²) in [7, 11) is 0. The van der Waals surface area contributed by atoms with Gasteiger partial charge in [0, 0.05) is 5.92 Å². The third-order valence-electron chi connectivity index (χ3n) is 2.14. The number of nitrogens with zero attached hydrogens (tertiary/aromatic N) is 1. The summed E-state index contributed by atoms with van der Waals surface area (Å²) in [6.07, 6.45) is 4.59. The van der Waals surface area contributed by atoms with Crippen LogP contribution in [-0.4, -0.2) is 0 Å². The summed E-state index contributed by atoms with van der Waals surface area (Å²) in [5.41, 5.74) is 0.